The molecule has 130 valence electrons. The van der Waals surface area contributed by atoms with Crippen LogP contribution in [0.1, 0.15) is 25.3 Å². The van der Waals surface area contributed by atoms with Gasteiger partial charge < -0.3 is 5.73 Å². The number of rotatable bonds is 5. The Kier molecular flexibility index (Phi) is 5.03. The lowest BCUT2D eigenvalue weighted by atomic mass is 9.93. The lowest BCUT2D eigenvalue weighted by Crippen LogP contribution is -2.51. The van der Waals surface area contributed by atoms with Crippen molar-refractivity contribution in [1.82, 2.24) is 14.1 Å². The summed E-state index contributed by atoms with van der Waals surface area (Å²) in [6.07, 6.45) is 4.93. The monoisotopic (exact) mass is 348 g/mol. The second-order valence-electron chi connectivity index (χ2n) is 6.40. The van der Waals surface area contributed by atoms with E-state index in [1.807, 2.05) is 30.3 Å². The number of benzene rings is 1. The number of aromatic nitrogens is 2. The van der Waals surface area contributed by atoms with Gasteiger partial charge in [-0.1, -0.05) is 37.3 Å². The van der Waals surface area contributed by atoms with Crippen LogP contribution in [-0.2, 0) is 16.6 Å². The van der Waals surface area contributed by atoms with Crippen LogP contribution in [0, 0.1) is 5.92 Å². The molecule has 2 heterocycles. The molecule has 0 unspecified atom stereocenters. The second-order valence-corrected chi connectivity index (χ2v) is 8.29. The molecular formula is C17H24N4O2S. The van der Waals surface area contributed by atoms with Gasteiger partial charge in [-0.05, 0) is 24.3 Å². The lowest BCUT2D eigenvalue weighted by molar-refractivity contribution is 0.192. The van der Waals surface area contributed by atoms with Gasteiger partial charge in [0.25, 0.3) is 0 Å². The Morgan fingerprint density at radius 2 is 2.04 bits per heavy atom. The molecule has 0 amide bonds. The topological polar surface area (TPSA) is 81.2 Å². The van der Waals surface area contributed by atoms with E-state index >= 15 is 0 Å². The van der Waals surface area contributed by atoms with Crippen molar-refractivity contribution in [3.05, 3.63) is 48.3 Å². The van der Waals surface area contributed by atoms with Crippen molar-refractivity contribution < 1.29 is 8.42 Å². The van der Waals surface area contributed by atoms with Gasteiger partial charge in [0.05, 0.1) is 12.7 Å². The van der Waals surface area contributed by atoms with E-state index in [9.17, 15) is 8.42 Å². The Bertz CT molecular complexity index is 773. The van der Waals surface area contributed by atoms with Crippen LogP contribution in [0.4, 0.5) is 0 Å². The highest BCUT2D eigenvalue weighted by atomic mass is 32.2. The summed E-state index contributed by atoms with van der Waals surface area (Å²) >= 11 is 0. The van der Waals surface area contributed by atoms with E-state index in [-0.39, 0.29) is 16.9 Å². The number of piperidine rings is 1. The summed E-state index contributed by atoms with van der Waals surface area (Å²) < 4.78 is 29.2. The molecule has 1 saturated heterocycles. The van der Waals surface area contributed by atoms with Crippen LogP contribution in [0.15, 0.2) is 47.6 Å². The average molecular weight is 348 g/mol. The molecule has 1 aliphatic rings. The van der Waals surface area contributed by atoms with Crippen molar-refractivity contribution >= 4 is 10.0 Å². The largest absolute Gasteiger partial charge is 0.329 e. The third-order valence-corrected chi connectivity index (χ3v) is 6.59. The normalized spacial score (nSPS) is 22.6. The van der Waals surface area contributed by atoms with E-state index in [2.05, 4.69) is 12.0 Å². The molecule has 1 aromatic heterocycles. The third-order valence-electron chi connectivity index (χ3n) is 4.71. The van der Waals surface area contributed by atoms with Crippen molar-refractivity contribution in [3.63, 3.8) is 0 Å². The van der Waals surface area contributed by atoms with Crippen LogP contribution in [0.5, 0.6) is 0 Å². The molecule has 6 nitrogen and oxygen atoms in total. The minimum Gasteiger partial charge on any atom is -0.329 e. The number of nitrogens with two attached hydrogens (primary N) is 1. The zero-order valence-electron chi connectivity index (χ0n) is 13.9. The van der Waals surface area contributed by atoms with Crippen LogP contribution in [0.25, 0.3) is 0 Å². The van der Waals surface area contributed by atoms with E-state index in [1.54, 1.807) is 15.2 Å². The summed E-state index contributed by atoms with van der Waals surface area (Å²) in [4.78, 5) is 0.242. The summed E-state index contributed by atoms with van der Waals surface area (Å²) in [6.45, 7) is 3.49. The van der Waals surface area contributed by atoms with Crippen molar-refractivity contribution in [1.29, 1.82) is 0 Å². The van der Waals surface area contributed by atoms with Gasteiger partial charge >= 0.3 is 0 Å². The Hall–Kier alpha value is -1.70. The Labute approximate surface area is 143 Å². The standard InChI is InChI=1S/C17H24N4O2S/c1-14-6-5-9-21(17(14)10-18)24(22,23)16-11-19-20(13-16)12-15-7-3-2-4-8-15/h2-4,7-8,11,13-14,17H,5-6,9-10,12,18H2,1H3/t14-,17-/m0/s1. The Balaban J connectivity index is 1.82. The first-order valence-electron chi connectivity index (χ1n) is 8.30. The molecule has 0 saturated carbocycles. The van der Waals surface area contributed by atoms with Crippen molar-refractivity contribution in [3.8, 4) is 0 Å². The maximum Gasteiger partial charge on any atom is 0.246 e. The van der Waals surface area contributed by atoms with E-state index < -0.39 is 10.0 Å². The SMILES string of the molecule is C[C@H]1CCCN(S(=O)(=O)c2cnn(Cc3ccccc3)c2)[C@H]1CN. The summed E-state index contributed by atoms with van der Waals surface area (Å²) in [5.74, 6) is 0.276. The van der Waals surface area contributed by atoms with Crippen LogP contribution in [-0.4, -0.2) is 41.6 Å². The van der Waals surface area contributed by atoms with Gasteiger partial charge in [-0.15, -0.1) is 0 Å². The third kappa shape index (κ3) is 3.38. The zero-order valence-corrected chi connectivity index (χ0v) is 14.7. The Morgan fingerprint density at radius 3 is 2.75 bits per heavy atom. The van der Waals surface area contributed by atoms with Crippen molar-refractivity contribution in [2.24, 2.45) is 11.7 Å². The molecule has 1 aromatic carbocycles. The lowest BCUT2D eigenvalue weighted by Gasteiger charge is -2.38. The van der Waals surface area contributed by atoms with Crippen molar-refractivity contribution in [2.75, 3.05) is 13.1 Å². The molecule has 2 N–H and O–H groups in total. The number of sulfonamides is 1. The first-order valence-corrected chi connectivity index (χ1v) is 9.74. The molecule has 0 aliphatic carbocycles. The van der Waals surface area contributed by atoms with E-state index in [0.29, 0.717) is 19.6 Å². The second kappa shape index (κ2) is 7.04. The van der Waals surface area contributed by atoms with Crippen LogP contribution >= 0.6 is 0 Å². The van der Waals surface area contributed by atoms with Crippen LogP contribution in [0.3, 0.4) is 0 Å². The molecule has 3 rings (SSSR count). The fourth-order valence-corrected chi connectivity index (χ4v) is 5.06. The maximum absolute atomic E-state index is 13.0. The number of nitrogens with zero attached hydrogens (tertiary/aromatic N) is 3. The quantitative estimate of drug-likeness (QED) is 0.891. The molecule has 1 aliphatic heterocycles. The fraction of sp³-hybridized carbons (Fsp3) is 0.471. The number of hydrogen-bond acceptors (Lipinski definition) is 4. The van der Waals surface area contributed by atoms with Gasteiger partial charge in [0.1, 0.15) is 4.90 Å². The molecule has 0 bridgehead atoms. The molecule has 2 aromatic rings. The Morgan fingerprint density at radius 1 is 1.29 bits per heavy atom. The van der Waals surface area contributed by atoms with E-state index in [4.69, 9.17) is 5.73 Å². The highest BCUT2D eigenvalue weighted by Crippen LogP contribution is 2.28. The first kappa shape index (κ1) is 17.1. The fourth-order valence-electron chi connectivity index (χ4n) is 3.33. The molecular weight excluding hydrogens is 324 g/mol. The molecule has 2 atom stereocenters. The van der Waals surface area contributed by atoms with Crippen molar-refractivity contribution in [2.45, 2.75) is 37.2 Å². The molecule has 0 radical (unpaired) electrons. The first-order chi connectivity index (χ1) is 11.5. The average Bonchev–Trinajstić information content (AvgIpc) is 3.05. The zero-order chi connectivity index (χ0) is 17.2. The minimum atomic E-state index is -3.56. The molecule has 7 heteroatoms. The predicted molar refractivity (Wildman–Crippen MR) is 92.9 cm³/mol. The van der Waals surface area contributed by atoms with Gasteiger partial charge in [-0.3, -0.25) is 4.68 Å². The van der Waals surface area contributed by atoms with E-state index in [0.717, 1.165) is 18.4 Å². The van der Waals surface area contributed by atoms with Gasteiger partial charge in [0.2, 0.25) is 10.0 Å². The van der Waals surface area contributed by atoms with E-state index in [1.165, 1.54) is 6.20 Å². The summed E-state index contributed by atoms with van der Waals surface area (Å²) in [6, 6.07) is 9.71. The van der Waals surface area contributed by atoms with Gasteiger partial charge in [-0.2, -0.15) is 9.40 Å². The molecule has 0 spiro atoms. The molecule has 1 fully saturated rings. The van der Waals surface area contributed by atoms with Gasteiger partial charge in [0.15, 0.2) is 0 Å². The minimum absolute atomic E-state index is 0.138. The molecule has 24 heavy (non-hydrogen) atoms. The van der Waals surface area contributed by atoms with Gasteiger partial charge in [0, 0.05) is 25.3 Å². The smallest absolute Gasteiger partial charge is 0.246 e. The van der Waals surface area contributed by atoms with Crippen LogP contribution < -0.4 is 5.73 Å². The summed E-state index contributed by atoms with van der Waals surface area (Å²) in [5.41, 5.74) is 6.92. The van der Waals surface area contributed by atoms with Gasteiger partial charge in [-0.25, -0.2) is 8.42 Å². The highest BCUT2D eigenvalue weighted by Gasteiger charge is 2.37. The highest BCUT2D eigenvalue weighted by molar-refractivity contribution is 7.89. The number of hydrogen-bond donors (Lipinski definition) is 1. The summed E-state index contributed by atoms with van der Waals surface area (Å²) in [7, 11) is -3.56. The maximum atomic E-state index is 13.0. The van der Waals surface area contributed by atoms with Crippen LogP contribution in [0.2, 0.25) is 0 Å². The predicted octanol–water partition coefficient (Wildman–Crippen LogP) is 1.68. The summed E-state index contributed by atoms with van der Waals surface area (Å²) in [5, 5.41) is 4.22.